The van der Waals surface area contributed by atoms with Crippen molar-refractivity contribution in [3.8, 4) is 17.3 Å². The van der Waals surface area contributed by atoms with Crippen molar-refractivity contribution >= 4 is 23.4 Å². The highest BCUT2D eigenvalue weighted by molar-refractivity contribution is 7.99. The summed E-state index contributed by atoms with van der Waals surface area (Å²) in [5.41, 5.74) is 3.01. The molecule has 1 aromatic carbocycles. The van der Waals surface area contributed by atoms with E-state index < -0.39 is 0 Å². The van der Waals surface area contributed by atoms with Crippen LogP contribution in [-0.4, -0.2) is 20.9 Å². The summed E-state index contributed by atoms with van der Waals surface area (Å²) < 4.78 is 5.38. The molecule has 0 atom stereocenters. The second-order valence-electron chi connectivity index (χ2n) is 5.70. The molecule has 2 aromatic heterocycles. The lowest BCUT2D eigenvalue weighted by Gasteiger charge is -2.07. The van der Waals surface area contributed by atoms with Gasteiger partial charge in [-0.2, -0.15) is 5.26 Å². The molecule has 0 saturated carbocycles. The van der Waals surface area contributed by atoms with E-state index in [4.69, 9.17) is 9.78 Å². The van der Waals surface area contributed by atoms with Crippen molar-refractivity contribution < 1.29 is 4.52 Å². The minimum absolute atomic E-state index is 0.461. The molecule has 0 unspecified atom stereocenters. The molecule has 3 aromatic rings. The number of benzene rings is 1. The Morgan fingerprint density at radius 3 is 3.00 bits per heavy atom. The Bertz CT molecular complexity index is 932. The molecule has 3 rings (SSSR count). The fourth-order valence-corrected chi connectivity index (χ4v) is 3.52. The fourth-order valence-electron chi connectivity index (χ4n) is 2.41. The van der Waals surface area contributed by atoms with Crippen molar-refractivity contribution in [1.29, 1.82) is 5.26 Å². The number of hydrogen-bond donors (Lipinski definition) is 1. The molecule has 0 aliphatic carbocycles. The van der Waals surface area contributed by atoms with Crippen LogP contribution in [0.15, 0.2) is 46.1 Å². The summed E-state index contributed by atoms with van der Waals surface area (Å²) in [7, 11) is 0. The molecular formula is C19H19N5OS. The van der Waals surface area contributed by atoms with Crippen LogP contribution < -0.4 is 5.32 Å². The summed E-state index contributed by atoms with van der Waals surface area (Å²) in [6.07, 6.45) is 3.97. The molecular weight excluding hydrogens is 346 g/mol. The first-order valence-corrected chi connectivity index (χ1v) is 9.39. The largest absolute Gasteiger partial charge is 0.360 e. The average molecular weight is 365 g/mol. The van der Waals surface area contributed by atoms with Crippen LogP contribution in [0.2, 0.25) is 0 Å². The number of hydrogen-bond acceptors (Lipinski definition) is 7. The normalized spacial score (nSPS) is 10.5. The van der Waals surface area contributed by atoms with Crippen LogP contribution in [0, 0.1) is 18.3 Å². The van der Waals surface area contributed by atoms with Gasteiger partial charge in [-0.3, -0.25) is 0 Å². The lowest BCUT2D eigenvalue weighted by Crippen LogP contribution is -1.98. The number of anilines is 2. The molecule has 0 radical (unpaired) electrons. The average Bonchev–Trinajstić information content (AvgIpc) is 3.03. The van der Waals surface area contributed by atoms with Crippen molar-refractivity contribution in [3.05, 3.63) is 47.9 Å². The minimum atomic E-state index is 0.461. The van der Waals surface area contributed by atoms with Crippen molar-refractivity contribution in [2.45, 2.75) is 31.7 Å². The van der Waals surface area contributed by atoms with Crippen LogP contribution in [0.25, 0.3) is 11.3 Å². The number of aromatic nitrogens is 3. The molecule has 26 heavy (non-hydrogen) atoms. The van der Waals surface area contributed by atoms with Crippen molar-refractivity contribution in [3.63, 3.8) is 0 Å². The van der Waals surface area contributed by atoms with E-state index in [1.807, 2.05) is 25.1 Å². The molecule has 1 N–H and O–H groups in total. The predicted octanol–water partition coefficient (Wildman–Crippen LogP) is 4.95. The van der Waals surface area contributed by atoms with Gasteiger partial charge in [-0.15, -0.1) is 11.8 Å². The lowest BCUT2D eigenvalue weighted by molar-refractivity contribution is 0.384. The van der Waals surface area contributed by atoms with Crippen molar-refractivity contribution in [2.24, 2.45) is 0 Å². The Hall–Kier alpha value is -2.85. The zero-order valence-electron chi connectivity index (χ0n) is 14.7. The van der Waals surface area contributed by atoms with Crippen molar-refractivity contribution in [1.82, 2.24) is 15.1 Å². The molecule has 6 nitrogen and oxygen atoms in total. The second kappa shape index (κ2) is 8.50. The molecule has 0 amide bonds. The first kappa shape index (κ1) is 18.0. The van der Waals surface area contributed by atoms with E-state index in [0.29, 0.717) is 11.5 Å². The number of nitrogens with zero attached hydrogens (tertiary/aromatic N) is 4. The topological polar surface area (TPSA) is 87.6 Å². The van der Waals surface area contributed by atoms with E-state index in [0.717, 1.165) is 46.3 Å². The third-order valence-corrected chi connectivity index (χ3v) is 4.77. The van der Waals surface area contributed by atoms with E-state index in [2.05, 4.69) is 33.4 Å². The Balaban J connectivity index is 1.86. The van der Waals surface area contributed by atoms with Gasteiger partial charge in [-0.05, 0) is 43.4 Å². The van der Waals surface area contributed by atoms with Gasteiger partial charge in [0.2, 0.25) is 5.95 Å². The number of thioether (sulfide) groups is 1. The van der Waals surface area contributed by atoms with Gasteiger partial charge >= 0.3 is 0 Å². The summed E-state index contributed by atoms with van der Waals surface area (Å²) in [5.74, 6) is 2.19. The number of aryl methyl sites for hydroxylation is 1. The summed E-state index contributed by atoms with van der Waals surface area (Å²) in [6, 6.07) is 11.2. The van der Waals surface area contributed by atoms with E-state index in [1.165, 1.54) is 0 Å². The molecule has 0 aliphatic rings. The highest BCUT2D eigenvalue weighted by Gasteiger charge is 2.17. The summed E-state index contributed by atoms with van der Waals surface area (Å²) in [6.45, 7) is 4.05. The zero-order chi connectivity index (χ0) is 18.4. The van der Waals surface area contributed by atoms with Gasteiger partial charge in [-0.1, -0.05) is 24.6 Å². The maximum absolute atomic E-state index is 9.02. The number of nitriles is 1. The van der Waals surface area contributed by atoms with Crippen LogP contribution in [0.5, 0.6) is 0 Å². The third kappa shape index (κ3) is 4.21. The number of nitrogens with one attached hydrogen (secondary N) is 1. The second-order valence-corrected chi connectivity index (χ2v) is 6.79. The first-order chi connectivity index (χ1) is 12.7. The maximum Gasteiger partial charge on any atom is 0.227 e. The third-order valence-electron chi connectivity index (χ3n) is 3.73. The highest BCUT2D eigenvalue weighted by Crippen LogP contribution is 2.33. The molecule has 2 heterocycles. The highest BCUT2D eigenvalue weighted by atomic mass is 32.2. The Labute approximate surface area is 156 Å². The van der Waals surface area contributed by atoms with Crippen LogP contribution in [0.3, 0.4) is 0 Å². The SMILES string of the molecule is CCCCSc1noc(C)c1-c1ccnc(Nc2cccc(C#N)c2)n1. The zero-order valence-corrected chi connectivity index (χ0v) is 15.5. The smallest absolute Gasteiger partial charge is 0.227 e. The van der Waals surface area contributed by atoms with Gasteiger partial charge in [0.15, 0.2) is 0 Å². The van der Waals surface area contributed by atoms with Gasteiger partial charge in [0.25, 0.3) is 0 Å². The molecule has 0 fully saturated rings. The van der Waals surface area contributed by atoms with Crippen LogP contribution >= 0.6 is 11.8 Å². The summed E-state index contributed by atoms with van der Waals surface area (Å²) in [4.78, 5) is 8.87. The van der Waals surface area contributed by atoms with E-state index in [9.17, 15) is 0 Å². The fraction of sp³-hybridized carbons (Fsp3) is 0.263. The van der Waals surface area contributed by atoms with Gasteiger partial charge in [0.1, 0.15) is 10.8 Å². The molecule has 0 spiro atoms. The van der Waals surface area contributed by atoms with Gasteiger partial charge < -0.3 is 9.84 Å². The van der Waals surface area contributed by atoms with Crippen LogP contribution in [-0.2, 0) is 0 Å². The first-order valence-electron chi connectivity index (χ1n) is 8.41. The standard InChI is InChI=1S/C19H19N5OS/c1-3-4-10-26-18-17(13(2)25-24-18)16-8-9-21-19(23-16)22-15-7-5-6-14(11-15)12-20/h5-9,11H,3-4,10H2,1-2H3,(H,21,22,23). The van der Waals surface area contributed by atoms with Gasteiger partial charge in [0.05, 0.1) is 22.9 Å². The Morgan fingerprint density at radius 1 is 1.31 bits per heavy atom. The lowest BCUT2D eigenvalue weighted by atomic mass is 10.2. The molecule has 0 bridgehead atoms. The molecule has 0 saturated heterocycles. The van der Waals surface area contributed by atoms with Gasteiger partial charge in [-0.25, -0.2) is 9.97 Å². The van der Waals surface area contributed by atoms with Crippen molar-refractivity contribution in [2.75, 3.05) is 11.1 Å². The Morgan fingerprint density at radius 2 is 2.19 bits per heavy atom. The van der Waals surface area contributed by atoms with Crippen LogP contribution in [0.4, 0.5) is 11.6 Å². The number of unbranched alkanes of at least 4 members (excludes halogenated alkanes) is 1. The Kier molecular flexibility index (Phi) is 5.87. The molecule has 7 heteroatoms. The number of rotatable bonds is 7. The minimum Gasteiger partial charge on any atom is -0.360 e. The predicted molar refractivity (Wildman–Crippen MR) is 102 cm³/mol. The molecule has 132 valence electrons. The monoisotopic (exact) mass is 365 g/mol. The quantitative estimate of drug-likeness (QED) is 0.468. The summed E-state index contributed by atoms with van der Waals surface area (Å²) >= 11 is 1.68. The maximum atomic E-state index is 9.02. The van der Waals surface area contributed by atoms with E-state index >= 15 is 0 Å². The molecule has 0 aliphatic heterocycles. The van der Waals surface area contributed by atoms with Gasteiger partial charge in [0, 0.05) is 11.9 Å². The van der Waals surface area contributed by atoms with E-state index in [1.54, 1.807) is 30.1 Å². The van der Waals surface area contributed by atoms with E-state index in [-0.39, 0.29) is 0 Å². The van der Waals surface area contributed by atoms with Crippen LogP contribution in [0.1, 0.15) is 31.1 Å². The summed E-state index contributed by atoms with van der Waals surface area (Å²) in [5, 5.41) is 17.2.